The van der Waals surface area contributed by atoms with E-state index in [2.05, 4.69) is 89.5 Å². The number of fused-ring (bicyclic) bond motifs is 6. The highest BCUT2D eigenvalue weighted by Crippen LogP contribution is 2.46. The quantitative estimate of drug-likeness (QED) is 0.198. The lowest BCUT2D eigenvalue weighted by Crippen LogP contribution is -2.07. The third kappa shape index (κ3) is 4.11. The lowest BCUT2D eigenvalue weighted by Gasteiger charge is -2.25. The molecule has 0 radical (unpaired) electrons. The number of aromatic nitrogens is 4. The highest BCUT2D eigenvalue weighted by Gasteiger charge is 2.26. The number of aliphatic imine (C=N–C) groups is 1. The Kier molecular flexibility index (Phi) is 5.87. The lowest BCUT2D eigenvalue weighted by molar-refractivity contribution is 0.882. The maximum Gasteiger partial charge on any atom is 0.164 e. The van der Waals surface area contributed by atoms with Gasteiger partial charge in [-0.3, -0.25) is 4.99 Å². The molecule has 6 aromatic carbocycles. The van der Waals surface area contributed by atoms with Gasteiger partial charge in [0.25, 0.3) is 0 Å². The van der Waals surface area contributed by atoms with E-state index in [9.17, 15) is 0 Å². The van der Waals surface area contributed by atoms with Gasteiger partial charge >= 0.3 is 0 Å². The summed E-state index contributed by atoms with van der Waals surface area (Å²) in [6.07, 6.45) is 8.45. The summed E-state index contributed by atoms with van der Waals surface area (Å²) in [4.78, 5) is 19.8. The van der Waals surface area contributed by atoms with Crippen molar-refractivity contribution in [3.8, 4) is 39.9 Å². The van der Waals surface area contributed by atoms with Crippen LogP contribution in [0.1, 0.15) is 17.2 Å². The summed E-state index contributed by atoms with van der Waals surface area (Å²) < 4.78 is 2.40. The number of benzene rings is 6. The largest absolute Gasteiger partial charge is 0.309 e. The molecule has 1 aliphatic heterocycles. The fourth-order valence-corrected chi connectivity index (χ4v) is 7.36. The molecule has 0 saturated heterocycles. The predicted octanol–water partition coefficient (Wildman–Crippen LogP) is 10.2. The Hall–Kier alpha value is -6.46. The van der Waals surface area contributed by atoms with E-state index in [1.807, 2.05) is 73.0 Å². The minimum Gasteiger partial charge on any atom is -0.309 e. The van der Waals surface area contributed by atoms with E-state index in [-0.39, 0.29) is 6.04 Å². The Morgan fingerprint density at radius 2 is 1.19 bits per heavy atom. The van der Waals surface area contributed by atoms with Gasteiger partial charge in [-0.15, -0.1) is 0 Å². The molecule has 0 fully saturated rings. The van der Waals surface area contributed by atoms with Crippen molar-refractivity contribution in [2.24, 2.45) is 4.99 Å². The normalized spacial score (nSPS) is 14.8. The molecule has 2 aromatic heterocycles. The van der Waals surface area contributed by atoms with E-state index in [1.165, 1.54) is 43.8 Å². The minimum atomic E-state index is 0.0197. The number of allylic oxidation sites excluding steroid dienone is 1. The van der Waals surface area contributed by atoms with Gasteiger partial charge in [-0.1, -0.05) is 115 Å². The lowest BCUT2D eigenvalue weighted by atomic mass is 9.83. The topological polar surface area (TPSA) is 56.0 Å². The van der Waals surface area contributed by atoms with Gasteiger partial charge in [-0.25, -0.2) is 15.0 Å². The Morgan fingerprint density at radius 3 is 1.96 bits per heavy atom. The molecule has 1 unspecified atom stereocenters. The molecule has 0 spiro atoms. The van der Waals surface area contributed by atoms with Crippen LogP contribution in [-0.4, -0.2) is 25.7 Å². The highest BCUT2D eigenvalue weighted by molar-refractivity contribution is 6.21. The molecule has 0 saturated carbocycles. The summed E-state index contributed by atoms with van der Waals surface area (Å²) in [6, 6.07) is 46.5. The molecular weight excluding hydrogens is 587 g/mol. The van der Waals surface area contributed by atoms with Crippen molar-refractivity contribution in [2.75, 3.05) is 0 Å². The van der Waals surface area contributed by atoms with Gasteiger partial charge in [-0.05, 0) is 58.5 Å². The molecule has 1 aliphatic carbocycles. The first-order valence-electron chi connectivity index (χ1n) is 16.2. The van der Waals surface area contributed by atoms with Crippen LogP contribution < -0.4 is 0 Å². The maximum absolute atomic E-state index is 5.02. The average Bonchev–Trinajstić information content (AvgIpc) is 3.50. The number of hydrogen-bond donors (Lipinski definition) is 0. The van der Waals surface area contributed by atoms with E-state index in [0.29, 0.717) is 17.5 Å². The molecule has 0 amide bonds. The van der Waals surface area contributed by atoms with Gasteiger partial charge in [0.15, 0.2) is 17.5 Å². The standard InChI is InChI=1S/C43H27N5/c1-3-12-27(13-4-1)41-45-42(28-14-5-2-6-15-28)47-43(46-41)30-16-9-18-32(25-30)48-37-22-8-7-19-33(37)36-26-31-24-29-17-11-23-44-39(29)34-20-10-21-35(38(31)34)40(36)48/h1-26,39H. The van der Waals surface area contributed by atoms with Crippen molar-refractivity contribution >= 4 is 44.9 Å². The molecular formula is C43H27N5. The molecule has 5 nitrogen and oxygen atoms in total. The molecule has 3 heterocycles. The molecule has 10 rings (SSSR count). The molecule has 48 heavy (non-hydrogen) atoms. The van der Waals surface area contributed by atoms with E-state index < -0.39 is 0 Å². The van der Waals surface area contributed by atoms with Crippen LogP contribution >= 0.6 is 0 Å². The van der Waals surface area contributed by atoms with E-state index in [4.69, 9.17) is 19.9 Å². The van der Waals surface area contributed by atoms with Gasteiger partial charge in [0, 0.05) is 44.8 Å². The first-order chi connectivity index (χ1) is 23.8. The van der Waals surface area contributed by atoms with Crippen molar-refractivity contribution in [3.63, 3.8) is 0 Å². The summed E-state index contributed by atoms with van der Waals surface area (Å²) in [7, 11) is 0. The Bertz CT molecular complexity index is 2610. The number of hydrogen-bond acceptors (Lipinski definition) is 4. The van der Waals surface area contributed by atoms with Crippen LogP contribution in [0.3, 0.4) is 0 Å². The second-order valence-electron chi connectivity index (χ2n) is 12.3. The van der Waals surface area contributed by atoms with Gasteiger partial charge in [-0.2, -0.15) is 0 Å². The Morgan fingerprint density at radius 1 is 0.542 bits per heavy atom. The Balaban J connectivity index is 1.22. The van der Waals surface area contributed by atoms with Crippen molar-refractivity contribution in [1.29, 1.82) is 0 Å². The summed E-state index contributed by atoms with van der Waals surface area (Å²) in [5, 5.41) is 4.94. The van der Waals surface area contributed by atoms with Crippen LogP contribution in [0.2, 0.25) is 0 Å². The molecule has 1 atom stereocenters. The number of dihydropyridines is 1. The highest BCUT2D eigenvalue weighted by atomic mass is 15.0. The van der Waals surface area contributed by atoms with Crippen molar-refractivity contribution in [1.82, 2.24) is 19.5 Å². The number of para-hydroxylation sites is 1. The van der Waals surface area contributed by atoms with Gasteiger partial charge < -0.3 is 4.57 Å². The first kappa shape index (κ1) is 26.7. The molecule has 8 aromatic rings. The van der Waals surface area contributed by atoms with Crippen molar-refractivity contribution < 1.29 is 0 Å². The van der Waals surface area contributed by atoms with Crippen LogP contribution in [0.15, 0.2) is 156 Å². The average molecular weight is 614 g/mol. The zero-order valence-electron chi connectivity index (χ0n) is 25.8. The zero-order chi connectivity index (χ0) is 31.6. The summed E-state index contributed by atoms with van der Waals surface area (Å²) >= 11 is 0. The molecule has 2 aliphatic rings. The van der Waals surface area contributed by atoms with Gasteiger partial charge in [0.2, 0.25) is 0 Å². The third-order valence-corrected chi connectivity index (χ3v) is 9.46. The second kappa shape index (κ2) is 10.5. The van der Waals surface area contributed by atoms with Crippen molar-refractivity contribution in [2.45, 2.75) is 6.04 Å². The van der Waals surface area contributed by atoms with E-state index in [0.717, 1.165) is 27.9 Å². The molecule has 0 N–H and O–H groups in total. The fraction of sp³-hybridized carbons (Fsp3) is 0.0233. The first-order valence-corrected chi connectivity index (χ1v) is 16.2. The van der Waals surface area contributed by atoms with Crippen LogP contribution in [0.25, 0.3) is 78.5 Å². The number of nitrogens with zero attached hydrogens (tertiary/aromatic N) is 5. The number of rotatable bonds is 4. The second-order valence-corrected chi connectivity index (χ2v) is 12.3. The van der Waals surface area contributed by atoms with E-state index >= 15 is 0 Å². The molecule has 0 bridgehead atoms. The SMILES string of the molecule is C1=CC2=Cc3cc4c5ccccc5n(-c5cccc(-c6nc(-c7ccccc7)nc(-c7ccccc7)n6)c5)c4c4cccc(c34)C2N=C1. The smallest absolute Gasteiger partial charge is 0.164 e. The van der Waals surface area contributed by atoms with Crippen LogP contribution in [-0.2, 0) is 0 Å². The van der Waals surface area contributed by atoms with E-state index in [1.54, 1.807) is 0 Å². The zero-order valence-corrected chi connectivity index (χ0v) is 25.8. The summed E-state index contributed by atoms with van der Waals surface area (Å²) in [5.74, 6) is 1.93. The summed E-state index contributed by atoms with van der Waals surface area (Å²) in [6.45, 7) is 0. The Labute approximate surface area is 276 Å². The van der Waals surface area contributed by atoms with Crippen LogP contribution in [0, 0.1) is 0 Å². The maximum atomic E-state index is 5.02. The van der Waals surface area contributed by atoms with Crippen LogP contribution in [0.4, 0.5) is 0 Å². The molecule has 5 heteroatoms. The molecule has 224 valence electrons. The monoisotopic (exact) mass is 613 g/mol. The van der Waals surface area contributed by atoms with Crippen molar-refractivity contribution in [3.05, 3.63) is 162 Å². The van der Waals surface area contributed by atoms with Crippen LogP contribution in [0.5, 0.6) is 0 Å². The fourth-order valence-electron chi connectivity index (χ4n) is 7.36. The minimum absolute atomic E-state index is 0.0197. The predicted molar refractivity (Wildman–Crippen MR) is 196 cm³/mol. The summed E-state index contributed by atoms with van der Waals surface area (Å²) in [5.41, 5.74) is 9.94. The third-order valence-electron chi connectivity index (χ3n) is 9.46. The van der Waals surface area contributed by atoms with Gasteiger partial charge in [0.05, 0.1) is 11.0 Å². The van der Waals surface area contributed by atoms with Gasteiger partial charge in [0.1, 0.15) is 6.04 Å².